The van der Waals surface area contributed by atoms with Crippen molar-refractivity contribution in [1.82, 2.24) is 0 Å². The third-order valence-electron chi connectivity index (χ3n) is 6.99. The van der Waals surface area contributed by atoms with Crippen molar-refractivity contribution in [2.45, 2.75) is 50.3 Å². The number of halogens is 3. The highest BCUT2D eigenvalue weighted by Crippen LogP contribution is 2.45. The number of aliphatic hydroxyl groups is 1. The monoisotopic (exact) mass is 438 g/mol. The van der Waals surface area contributed by atoms with Crippen LogP contribution in [0, 0.1) is 11.8 Å². The third kappa shape index (κ3) is 4.91. The number of alkyl halides is 3. The predicted octanol–water partition coefficient (Wildman–Crippen LogP) is 7.38. The standard InChI is InChI=1S/C28H29F3O/c29-28(30,31)26-19-15-22(16-20-26)12-11-21-13-17-25(18-14-21)27(32,23-7-3-1-4-8-23)24-9-5-2-6-10-24/h1-10,15-16,19-21,25,32H,11-14,17-18H2. The number of rotatable bonds is 6. The normalized spacial score (nSPS) is 19.6. The van der Waals surface area contributed by atoms with E-state index in [1.807, 2.05) is 60.7 Å². The molecule has 0 unspecified atom stereocenters. The molecule has 0 spiro atoms. The molecule has 168 valence electrons. The van der Waals surface area contributed by atoms with Crippen LogP contribution in [0.1, 0.15) is 54.4 Å². The van der Waals surface area contributed by atoms with E-state index < -0.39 is 17.3 Å². The van der Waals surface area contributed by atoms with Gasteiger partial charge in [0.05, 0.1) is 5.56 Å². The highest BCUT2D eigenvalue weighted by molar-refractivity contribution is 5.37. The fourth-order valence-corrected chi connectivity index (χ4v) is 5.12. The maximum Gasteiger partial charge on any atom is 0.416 e. The molecule has 1 aliphatic carbocycles. The molecular formula is C28H29F3O. The Morgan fingerprint density at radius 2 is 1.16 bits per heavy atom. The zero-order valence-corrected chi connectivity index (χ0v) is 18.1. The summed E-state index contributed by atoms with van der Waals surface area (Å²) in [5, 5.41) is 12.0. The molecule has 1 nitrogen and oxygen atoms in total. The summed E-state index contributed by atoms with van der Waals surface area (Å²) in [5.74, 6) is 0.666. The van der Waals surface area contributed by atoms with Crippen molar-refractivity contribution in [3.05, 3.63) is 107 Å². The Morgan fingerprint density at radius 3 is 1.62 bits per heavy atom. The molecule has 3 aromatic rings. The summed E-state index contributed by atoms with van der Waals surface area (Å²) in [6, 6.07) is 25.4. The van der Waals surface area contributed by atoms with Gasteiger partial charge in [-0.1, -0.05) is 85.6 Å². The second kappa shape index (κ2) is 9.50. The first kappa shape index (κ1) is 22.6. The number of benzene rings is 3. The SMILES string of the molecule is OC(c1ccccc1)(c1ccccc1)C1CCC(CCc2ccc(C(F)(F)F)cc2)CC1. The highest BCUT2D eigenvalue weighted by Gasteiger charge is 2.41. The first-order chi connectivity index (χ1) is 15.4. The van der Waals surface area contributed by atoms with E-state index in [1.165, 1.54) is 12.1 Å². The largest absolute Gasteiger partial charge is 0.416 e. The van der Waals surface area contributed by atoms with E-state index in [0.717, 1.165) is 55.2 Å². The van der Waals surface area contributed by atoms with Crippen LogP contribution in [-0.4, -0.2) is 5.11 Å². The van der Waals surface area contributed by atoms with E-state index in [9.17, 15) is 18.3 Å². The summed E-state index contributed by atoms with van der Waals surface area (Å²) >= 11 is 0. The topological polar surface area (TPSA) is 20.2 Å². The fraction of sp³-hybridized carbons (Fsp3) is 0.357. The molecule has 0 heterocycles. The Balaban J connectivity index is 1.40. The lowest BCUT2D eigenvalue weighted by molar-refractivity contribution is -0.137. The molecular weight excluding hydrogens is 409 g/mol. The van der Waals surface area contributed by atoms with Crippen LogP contribution in [-0.2, 0) is 18.2 Å². The van der Waals surface area contributed by atoms with Gasteiger partial charge < -0.3 is 5.11 Å². The van der Waals surface area contributed by atoms with Crippen molar-refractivity contribution >= 4 is 0 Å². The van der Waals surface area contributed by atoms with Crippen molar-refractivity contribution in [1.29, 1.82) is 0 Å². The average Bonchev–Trinajstić information content (AvgIpc) is 2.83. The van der Waals surface area contributed by atoms with Gasteiger partial charge in [0.1, 0.15) is 5.60 Å². The van der Waals surface area contributed by atoms with Crippen LogP contribution < -0.4 is 0 Å². The lowest BCUT2D eigenvalue weighted by Crippen LogP contribution is -2.38. The average molecular weight is 439 g/mol. The molecule has 0 aliphatic heterocycles. The summed E-state index contributed by atoms with van der Waals surface area (Å²) in [6.45, 7) is 0. The minimum absolute atomic E-state index is 0.134. The molecule has 4 rings (SSSR count). The van der Waals surface area contributed by atoms with Gasteiger partial charge in [0.15, 0.2) is 0 Å². The minimum Gasteiger partial charge on any atom is -0.380 e. The van der Waals surface area contributed by atoms with Gasteiger partial charge in [-0.15, -0.1) is 0 Å². The molecule has 0 bridgehead atoms. The maximum absolute atomic E-state index is 12.8. The van der Waals surface area contributed by atoms with E-state index in [2.05, 4.69) is 0 Å². The zero-order chi connectivity index (χ0) is 22.6. The summed E-state index contributed by atoms with van der Waals surface area (Å²) in [7, 11) is 0. The van der Waals surface area contributed by atoms with Crippen molar-refractivity contribution in [3.8, 4) is 0 Å². The second-order valence-electron chi connectivity index (χ2n) is 8.95. The van der Waals surface area contributed by atoms with Crippen LogP contribution in [0.5, 0.6) is 0 Å². The Bertz CT molecular complexity index is 933. The molecule has 1 fully saturated rings. The molecule has 32 heavy (non-hydrogen) atoms. The first-order valence-corrected chi connectivity index (χ1v) is 11.4. The first-order valence-electron chi connectivity index (χ1n) is 11.4. The molecule has 4 heteroatoms. The fourth-order valence-electron chi connectivity index (χ4n) is 5.12. The van der Waals surface area contributed by atoms with E-state index in [1.54, 1.807) is 12.1 Å². The van der Waals surface area contributed by atoms with Crippen LogP contribution in [0.2, 0.25) is 0 Å². The third-order valence-corrected chi connectivity index (χ3v) is 6.99. The summed E-state index contributed by atoms with van der Waals surface area (Å²) in [5.41, 5.74) is 1.20. The number of hydrogen-bond acceptors (Lipinski definition) is 1. The Morgan fingerprint density at radius 1 is 0.656 bits per heavy atom. The molecule has 1 N–H and O–H groups in total. The molecule has 0 amide bonds. The van der Waals surface area contributed by atoms with E-state index in [0.29, 0.717) is 5.92 Å². The van der Waals surface area contributed by atoms with Crippen LogP contribution in [0.4, 0.5) is 13.2 Å². The zero-order valence-electron chi connectivity index (χ0n) is 18.1. The molecule has 0 saturated heterocycles. The second-order valence-corrected chi connectivity index (χ2v) is 8.95. The maximum atomic E-state index is 12.8. The van der Waals surface area contributed by atoms with E-state index >= 15 is 0 Å². The summed E-state index contributed by atoms with van der Waals surface area (Å²) in [4.78, 5) is 0. The Labute approximate surface area is 187 Å². The van der Waals surface area contributed by atoms with Crippen LogP contribution in [0.25, 0.3) is 0 Å². The van der Waals surface area contributed by atoms with Crippen LogP contribution in [0.15, 0.2) is 84.9 Å². The van der Waals surface area contributed by atoms with Crippen molar-refractivity contribution in [2.24, 2.45) is 11.8 Å². The Kier molecular flexibility index (Phi) is 6.71. The van der Waals surface area contributed by atoms with Crippen molar-refractivity contribution in [2.75, 3.05) is 0 Å². The van der Waals surface area contributed by atoms with Crippen molar-refractivity contribution in [3.63, 3.8) is 0 Å². The molecule has 0 radical (unpaired) electrons. The summed E-state index contributed by atoms with van der Waals surface area (Å²) < 4.78 is 38.3. The minimum atomic E-state index is -4.29. The van der Waals surface area contributed by atoms with Gasteiger partial charge in [-0.05, 0) is 66.3 Å². The van der Waals surface area contributed by atoms with E-state index in [-0.39, 0.29) is 5.92 Å². The lowest BCUT2D eigenvalue weighted by atomic mass is 9.67. The molecule has 0 aromatic heterocycles. The van der Waals surface area contributed by atoms with Gasteiger partial charge in [0.2, 0.25) is 0 Å². The van der Waals surface area contributed by atoms with Crippen molar-refractivity contribution < 1.29 is 18.3 Å². The molecule has 1 saturated carbocycles. The number of aryl methyl sites for hydroxylation is 1. The smallest absolute Gasteiger partial charge is 0.380 e. The van der Waals surface area contributed by atoms with Gasteiger partial charge in [-0.2, -0.15) is 13.2 Å². The van der Waals surface area contributed by atoms with E-state index in [4.69, 9.17) is 0 Å². The molecule has 3 aromatic carbocycles. The molecule has 0 atom stereocenters. The van der Waals surface area contributed by atoms with Gasteiger partial charge in [0, 0.05) is 0 Å². The predicted molar refractivity (Wildman–Crippen MR) is 121 cm³/mol. The quantitative estimate of drug-likeness (QED) is 0.426. The summed E-state index contributed by atoms with van der Waals surface area (Å²) in [6.07, 6.45) is 1.37. The number of hydrogen-bond donors (Lipinski definition) is 1. The van der Waals surface area contributed by atoms with Gasteiger partial charge >= 0.3 is 6.18 Å². The molecule has 1 aliphatic rings. The Hall–Kier alpha value is -2.59. The van der Waals surface area contributed by atoms with Gasteiger partial charge in [0.25, 0.3) is 0 Å². The van der Waals surface area contributed by atoms with Crippen LogP contribution >= 0.6 is 0 Å². The van der Waals surface area contributed by atoms with Crippen LogP contribution in [0.3, 0.4) is 0 Å². The van der Waals surface area contributed by atoms with Gasteiger partial charge in [-0.3, -0.25) is 0 Å². The lowest BCUT2D eigenvalue weighted by Gasteiger charge is -2.41. The highest BCUT2D eigenvalue weighted by atomic mass is 19.4. The van der Waals surface area contributed by atoms with Gasteiger partial charge in [-0.25, -0.2) is 0 Å².